The van der Waals surface area contributed by atoms with Crippen LogP contribution < -0.4 is 16.1 Å². The Balaban J connectivity index is 1.85. The smallest absolute Gasteiger partial charge is 0.272 e. The average molecular weight is 361 g/mol. The number of hydrazone groups is 1. The van der Waals surface area contributed by atoms with E-state index in [2.05, 4.69) is 10.4 Å². The predicted molar refractivity (Wildman–Crippen MR) is 94.0 cm³/mol. The lowest BCUT2D eigenvalue weighted by molar-refractivity contribution is -0.119. The number of nitrogens with one attached hydrogen (secondary N) is 1. The highest BCUT2D eigenvalue weighted by Crippen LogP contribution is 2.26. The van der Waals surface area contributed by atoms with Crippen LogP contribution in [0, 0.1) is 5.82 Å². The van der Waals surface area contributed by atoms with Gasteiger partial charge in [-0.25, -0.2) is 4.39 Å². The van der Waals surface area contributed by atoms with Crippen molar-refractivity contribution in [1.82, 2.24) is 0 Å². The van der Waals surface area contributed by atoms with Crippen molar-refractivity contribution in [1.29, 1.82) is 0 Å². The van der Waals surface area contributed by atoms with Gasteiger partial charge in [-0.2, -0.15) is 5.10 Å². The van der Waals surface area contributed by atoms with Gasteiger partial charge in [0, 0.05) is 6.42 Å². The monoisotopic (exact) mass is 360 g/mol. The lowest BCUT2D eigenvalue weighted by Crippen LogP contribution is -2.39. The third kappa shape index (κ3) is 3.46. The highest BCUT2D eigenvalue weighted by atomic mass is 35.5. The summed E-state index contributed by atoms with van der Waals surface area (Å²) in [6.45, 7) is 0. The molecule has 2 aromatic carbocycles. The van der Waals surface area contributed by atoms with Crippen LogP contribution in [0.3, 0.4) is 0 Å². The van der Waals surface area contributed by atoms with Crippen molar-refractivity contribution in [3.05, 3.63) is 59.4 Å². The third-order valence-corrected chi connectivity index (χ3v) is 4.01. The Morgan fingerprint density at radius 1 is 1.20 bits per heavy atom. The van der Waals surface area contributed by atoms with Crippen molar-refractivity contribution in [2.45, 2.75) is 12.5 Å². The van der Waals surface area contributed by atoms with Crippen LogP contribution >= 0.6 is 11.6 Å². The largest absolute Gasteiger partial charge is 0.368 e. The van der Waals surface area contributed by atoms with Crippen molar-refractivity contribution in [3.63, 3.8) is 0 Å². The number of nitrogens with two attached hydrogens (primary N) is 1. The van der Waals surface area contributed by atoms with Crippen LogP contribution in [0.2, 0.25) is 5.02 Å². The Bertz CT molecular complexity index is 857. The van der Waals surface area contributed by atoms with Crippen molar-refractivity contribution < 1.29 is 14.0 Å². The van der Waals surface area contributed by atoms with Crippen LogP contribution in [0.25, 0.3) is 0 Å². The molecule has 1 aliphatic heterocycles. The number of amides is 2. The Kier molecular flexibility index (Phi) is 4.67. The number of carbonyl (C=O) groups excluding carboxylic acids is 2. The minimum atomic E-state index is -0.785. The molecule has 0 aliphatic carbocycles. The van der Waals surface area contributed by atoms with E-state index in [1.807, 2.05) is 6.07 Å². The fraction of sp³-hybridized carbons (Fsp3) is 0.118. The molecule has 25 heavy (non-hydrogen) atoms. The van der Waals surface area contributed by atoms with Crippen molar-refractivity contribution in [2.24, 2.45) is 10.8 Å². The van der Waals surface area contributed by atoms with Gasteiger partial charge in [-0.1, -0.05) is 35.9 Å². The second-order valence-electron chi connectivity index (χ2n) is 5.40. The van der Waals surface area contributed by atoms with Gasteiger partial charge in [0.15, 0.2) is 5.82 Å². The van der Waals surface area contributed by atoms with Crippen LogP contribution in [-0.4, -0.2) is 23.6 Å². The number of halogens is 2. The molecule has 0 saturated carbocycles. The van der Waals surface area contributed by atoms with Crippen LogP contribution in [0.5, 0.6) is 0 Å². The van der Waals surface area contributed by atoms with Crippen LogP contribution in [-0.2, 0) is 9.59 Å². The van der Waals surface area contributed by atoms with Crippen LogP contribution in [0.4, 0.5) is 15.8 Å². The summed E-state index contributed by atoms with van der Waals surface area (Å²) in [5.74, 6) is -1.96. The fourth-order valence-electron chi connectivity index (χ4n) is 2.48. The molecule has 0 radical (unpaired) electrons. The van der Waals surface area contributed by atoms with Gasteiger partial charge in [0.05, 0.1) is 16.4 Å². The highest BCUT2D eigenvalue weighted by Gasteiger charge is 2.35. The zero-order valence-electron chi connectivity index (χ0n) is 12.9. The summed E-state index contributed by atoms with van der Waals surface area (Å²) in [5, 5.41) is 7.90. The minimum absolute atomic E-state index is 0.0260. The van der Waals surface area contributed by atoms with Crippen LogP contribution in [0.15, 0.2) is 53.6 Å². The zero-order chi connectivity index (χ0) is 18.0. The number of nitrogens with zero attached hydrogens (tertiary/aromatic N) is 2. The lowest BCUT2D eigenvalue weighted by Gasteiger charge is -2.20. The van der Waals surface area contributed by atoms with Gasteiger partial charge in [0.1, 0.15) is 11.8 Å². The summed E-state index contributed by atoms with van der Waals surface area (Å²) in [7, 11) is 0. The van der Waals surface area contributed by atoms with E-state index in [9.17, 15) is 14.0 Å². The molecular formula is C17H14ClFN4O2. The topological polar surface area (TPSA) is 87.8 Å². The molecule has 3 rings (SSSR count). The molecule has 6 nitrogen and oxygen atoms in total. The first-order valence-electron chi connectivity index (χ1n) is 7.44. The number of para-hydroxylation sites is 1. The van der Waals surface area contributed by atoms with E-state index in [1.165, 1.54) is 23.2 Å². The first kappa shape index (κ1) is 16.9. The first-order valence-corrected chi connectivity index (χ1v) is 7.81. The second kappa shape index (κ2) is 6.90. The molecule has 3 N–H and O–H groups in total. The number of primary amides is 1. The van der Waals surface area contributed by atoms with Gasteiger partial charge in [0.25, 0.3) is 5.91 Å². The molecule has 2 amide bonds. The lowest BCUT2D eigenvalue weighted by atomic mass is 10.1. The molecule has 0 fully saturated rings. The number of rotatable bonds is 4. The summed E-state index contributed by atoms with van der Waals surface area (Å²) < 4.78 is 13.9. The van der Waals surface area contributed by atoms with E-state index in [0.29, 0.717) is 5.69 Å². The van der Waals surface area contributed by atoms with E-state index in [0.717, 1.165) is 0 Å². The number of carbonyl (C=O) groups is 2. The second-order valence-corrected chi connectivity index (χ2v) is 5.81. The molecule has 0 aromatic heterocycles. The van der Waals surface area contributed by atoms with Gasteiger partial charge < -0.3 is 11.1 Å². The quantitative estimate of drug-likeness (QED) is 0.878. The fourth-order valence-corrected chi connectivity index (χ4v) is 2.66. The van der Waals surface area contributed by atoms with Gasteiger partial charge in [0.2, 0.25) is 5.91 Å². The number of anilines is 2. The minimum Gasteiger partial charge on any atom is -0.368 e. The Morgan fingerprint density at radius 3 is 2.60 bits per heavy atom. The highest BCUT2D eigenvalue weighted by molar-refractivity contribution is 6.44. The molecule has 8 heteroatoms. The van der Waals surface area contributed by atoms with E-state index >= 15 is 0 Å². The maximum atomic E-state index is 13.9. The Morgan fingerprint density at radius 2 is 1.92 bits per heavy atom. The molecular weight excluding hydrogens is 347 g/mol. The standard InChI is InChI=1S/C17H14ClFN4O2/c18-11-7-4-8-12(15(11)19)21-17(25)13-9-14(16(20)24)23(22-13)10-5-2-1-3-6-10/h1-8,14H,9H2,(H2,20,24)(H,21,25). The van der Waals surface area contributed by atoms with Crippen molar-refractivity contribution in [3.8, 4) is 0 Å². The molecule has 1 unspecified atom stereocenters. The molecule has 1 aliphatic rings. The van der Waals surface area contributed by atoms with Crippen LogP contribution in [0.1, 0.15) is 6.42 Å². The van der Waals surface area contributed by atoms with Gasteiger partial charge in [-0.3, -0.25) is 14.6 Å². The molecule has 128 valence electrons. The number of hydrogen-bond acceptors (Lipinski definition) is 4. The van der Waals surface area contributed by atoms with E-state index in [4.69, 9.17) is 17.3 Å². The van der Waals surface area contributed by atoms with E-state index in [1.54, 1.807) is 24.3 Å². The van der Waals surface area contributed by atoms with Gasteiger partial charge in [-0.15, -0.1) is 0 Å². The molecule has 1 atom stereocenters. The Hall–Kier alpha value is -2.93. The van der Waals surface area contributed by atoms with E-state index in [-0.39, 0.29) is 22.8 Å². The first-order chi connectivity index (χ1) is 12.0. The van der Waals surface area contributed by atoms with Crippen molar-refractivity contribution >= 4 is 40.5 Å². The molecule has 2 aromatic rings. The Labute approximate surface area is 148 Å². The number of hydrogen-bond donors (Lipinski definition) is 2. The normalized spacial score (nSPS) is 16.5. The number of benzene rings is 2. The zero-order valence-corrected chi connectivity index (χ0v) is 13.7. The maximum absolute atomic E-state index is 13.9. The van der Waals surface area contributed by atoms with Gasteiger partial charge in [-0.05, 0) is 24.3 Å². The summed E-state index contributed by atoms with van der Waals surface area (Å²) in [6.07, 6.45) is 0.0260. The summed E-state index contributed by atoms with van der Waals surface area (Å²) in [4.78, 5) is 24.1. The molecule has 0 bridgehead atoms. The molecule has 0 spiro atoms. The summed E-state index contributed by atoms with van der Waals surface area (Å²) in [6, 6.07) is 12.4. The predicted octanol–water partition coefficient (Wildman–Crippen LogP) is 2.54. The molecule has 0 saturated heterocycles. The van der Waals surface area contributed by atoms with Gasteiger partial charge >= 0.3 is 0 Å². The average Bonchev–Trinajstić information content (AvgIpc) is 3.05. The summed E-state index contributed by atoms with van der Waals surface area (Å²) in [5.41, 5.74) is 6.06. The van der Waals surface area contributed by atoms with Crippen molar-refractivity contribution in [2.75, 3.05) is 10.3 Å². The third-order valence-electron chi connectivity index (χ3n) is 3.72. The molecule has 1 heterocycles. The maximum Gasteiger partial charge on any atom is 0.272 e. The summed E-state index contributed by atoms with van der Waals surface area (Å²) >= 11 is 5.70. The SMILES string of the molecule is NC(=O)C1CC(C(=O)Nc2cccc(Cl)c2F)=NN1c1ccccc1. The van der Waals surface area contributed by atoms with E-state index < -0.39 is 23.7 Å².